The van der Waals surface area contributed by atoms with Crippen molar-refractivity contribution in [3.63, 3.8) is 0 Å². The van der Waals surface area contributed by atoms with Crippen LogP contribution >= 0.6 is 0 Å². The summed E-state index contributed by atoms with van der Waals surface area (Å²) in [5, 5.41) is 11.8. The molecular formula is C88H133NO8. The first kappa shape index (κ1) is 90.1. The molecule has 0 aliphatic rings. The number of hydrogen-bond donors (Lipinski definition) is 0. The maximum Gasteiger partial charge on any atom is 0.306 e. The van der Waals surface area contributed by atoms with Gasteiger partial charge in [-0.25, -0.2) is 0 Å². The number of quaternary nitrogens is 1. The lowest BCUT2D eigenvalue weighted by Crippen LogP contribution is -2.44. The van der Waals surface area contributed by atoms with Gasteiger partial charge in [0.1, 0.15) is 13.2 Å². The summed E-state index contributed by atoms with van der Waals surface area (Å²) in [6.45, 7) is 4.43. The van der Waals surface area contributed by atoms with Crippen molar-refractivity contribution in [2.45, 2.75) is 245 Å². The standard InChI is InChI=1S/C88H133NO8/c1-6-8-10-12-14-16-18-20-22-24-26-28-30-32-34-36-38-40-41-42-43-44-45-47-49-51-53-55-57-59-61-63-65-67-69-71-73-75-77-79-86(91)97-84(83-96-88(87(92)93)94-81-80-89(3,4)5)82-95-85(90)78-76-74-72-70-68-66-64-62-60-58-56-54-52-50-48-46-39-37-35-33-31-29-27-25-23-21-19-17-15-13-11-9-7-2/h8-11,14-17,20-23,26-29,32-35,38-40,42-43,45-47,50-53,56-59,62-65,84,88H,6-7,12-13,18-19,24-25,30-31,36-37,41,44,48-49,54-55,60-61,66-83H2,1-5H3/b10-8-,11-9-,16-14-,17-15-,22-20-,23-21-,28-26-,29-27-,34-32-,35-33-,40-38-,43-42-,46-39-,47-45-,52-50-,53-51-,58-56-,59-57-,64-62-,65-63-. The lowest BCUT2D eigenvalue weighted by molar-refractivity contribution is -0.870. The molecule has 0 fully saturated rings. The molecule has 0 saturated heterocycles. The minimum atomic E-state index is -1.65. The second kappa shape index (κ2) is 74.9. The van der Waals surface area contributed by atoms with Crippen molar-refractivity contribution in [3.05, 3.63) is 243 Å². The van der Waals surface area contributed by atoms with Crippen LogP contribution in [0.15, 0.2) is 243 Å². The second-order valence-electron chi connectivity index (χ2n) is 24.8. The SMILES string of the molecule is CC/C=C\C/C=C\C/C=C\C/C=C\C/C=C\C/C=C\C/C=C\C/C=C\C/C=C\C/C=C\C/C=C\CCCCCCCC(=O)OC(COC(=O)CCCCCCC/C=C\C/C=C\C/C=C\C/C=C\C/C=C\C/C=C\C/C=C\C/C=C\C/C=C\CC)COC(OCC[N+](C)(C)C)C(=O)[O-]. The monoisotopic (exact) mass is 1330 g/mol. The number of carboxylic acids is 1. The number of aliphatic carboxylic acids is 1. The highest BCUT2D eigenvalue weighted by molar-refractivity contribution is 5.70. The molecule has 2 atom stereocenters. The van der Waals surface area contributed by atoms with Gasteiger partial charge in [0.05, 0.1) is 40.3 Å². The number of hydrogen-bond acceptors (Lipinski definition) is 8. The molecule has 0 aromatic rings. The van der Waals surface area contributed by atoms with Crippen LogP contribution in [0, 0.1) is 0 Å². The van der Waals surface area contributed by atoms with E-state index >= 15 is 0 Å². The van der Waals surface area contributed by atoms with Crippen molar-refractivity contribution in [2.24, 2.45) is 0 Å². The molecule has 0 aliphatic heterocycles. The van der Waals surface area contributed by atoms with Crippen LogP contribution in [0.5, 0.6) is 0 Å². The maximum absolute atomic E-state index is 12.9. The van der Waals surface area contributed by atoms with Gasteiger partial charge >= 0.3 is 11.9 Å². The molecule has 97 heavy (non-hydrogen) atoms. The molecule has 9 nitrogen and oxygen atoms in total. The Hall–Kier alpha value is -6.91. The Bertz CT molecular complexity index is 2500. The van der Waals surface area contributed by atoms with E-state index in [1.54, 1.807) is 0 Å². The molecule has 2 unspecified atom stereocenters. The number of unbranched alkanes of at least 4 members (excludes halogenated alkanes) is 10. The minimum absolute atomic E-state index is 0.126. The summed E-state index contributed by atoms with van der Waals surface area (Å²) in [7, 11) is 5.90. The van der Waals surface area contributed by atoms with Crippen molar-refractivity contribution in [2.75, 3.05) is 47.5 Å². The fraction of sp³-hybridized carbons (Fsp3) is 0.511. The number of likely N-dealkylation sites (N-methyl/N-ethyl adjacent to an activating group) is 1. The van der Waals surface area contributed by atoms with Gasteiger partial charge in [0.25, 0.3) is 0 Å². The maximum atomic E-state index is 12.9. The highest BCUT2D eigenvalue weighted by Crippen LogP contribution is 2.13. The smallest absolute Gasteiger partial charge is 0.306 e. The quantitative estimate of drug-likeness (QED) is 0.0195. The van der Waals surface area contributed by atoms with Crippen LogP contribution in [0.25, 0.3) is 0 Å². The molecule has 0 spiro atoms. The zero-order valence-electron chi connectivity index (χ0n) is 61.3. The Kier molecular flexibility index (Phi) is 69.5. The van der Waals surface area contributed by atoms with Gasteiger partial charge in [-0.05, 0) is 167 Å². The number of carbonyl (C=O) groups is 3. The molecule has 0 amide bonds. The molecule has 0 saturated carbocycles. The summed E-state index contributed by atoms with van der Waals surface area (Å²) in [5.74, 6) is -2.37. The fourth-order valence-corrected chi connectivity index (χ4v) is 9.00. The molecule has 0 bridgehead atoms. The van der Waals surface area contributed by atoms with Gasteiger partial charge in [-0.1, -0.05) is 295 Å². The molecule has 0 N–H and O–H groups in total. The minimum Gasteiger partial charge on any atom is -0.545 e. The number of carboxylic acid groups (broad SMARTS) is 1. The predicted octanol–water partition coefficient (Wildman–Crippen LogP) is 22.7. The van der Waals surface area contributed by atoms with Gasteiger partial charge in [-0.3, -0.25) is 9.59 Å². The summed E-state index contributed by atoms with van der Waals surface area (Å²) in [5.41, 5.74) is 0. The van der Waals surface area contributed by atoms with E-state index in [2.05, 4.69) is 257 Å². The van der Waals surface area contributed by atoms with Crippen molar-refractivity contribution >= 4 is 17.9 Å². The van der Waals surface area contributed by atoms with E-state index in [1.807, 2.05) is 21.1 Å². The van der Waals surface area contributed by atoms with Crippen LogP contribution in [0.3, 0.4) is 0 Å². The molecule has 0 heterocycles. The van der Waals surface area contributed by atoms with E-state index in [0.29, 0.717) is 23.9 Å². The molecule has 0 aromatic heterocycles. The molecule has 0 aliphatic carbocycles. The van der Waals surface area contributed by atoms with Crippen LogP contribution in [0.1, 0.15) is 232 Å². The van der Waals surface area contributed by atoms with Gasteiger partial charge in [0.15, 0.2) is 12.4 Å². The highest BCUT2D eigenvalue weighted by atomic mass is 16.7. The van der Waals surface area contributed by atoms with Gasteiger partial charge < -0.3 is 33.3 Å². The number of ether oxygens (including phenoxy) is 4. The third-order valence-corrected chi connectivity index (χ3v) is 14.6. The summed E-state index contributed by atoms with van der Waals surface area (Å²) in [6, 6.07) is 0. The van der Waals surface area contributed by atoms with E-state index in [1.165, 1.54) is 0 Å². The number of esters is 2. The first-order valence-corrected chi connectivity index (χ1v) is 37.2. The van der Waals surface area contributed by atoms with Crippen molar-refractivity contribution in [1.29, 1.82) is 0 Å². The molecule has 538 valence electrons. The molecular weight excluding hydrogens is 1200 g/mol. The van der Waals surface area contributed by atoms with Gasteiger partial charge in [0.2, 0.25) is 0 Å². The van der Waals surface area contributed by atoms with Gasteiger partial charge in [-0.15, -0.1) is 0 Å². The fourth-order valence-electron chi connectivity index (χ4n) is 9.00. The molecule has 9 heteroatoms. The van der Waals surface area contributed by atoms with Crippen LogP contribution in [0.2, 0.25) is 0 Å². The summed E-state index contributed by atoms with van der Waals surface area (Å²) >= 11 is 0. The van der Waals surface area contributed by atoms with Gasteiger partial charge in [-0.2, -0.15) is 0 Å². The summed E-state index contributed by atoms with van der Waals surface area (Å²) < 4.78 is 22.7. The number of allylic oxidation sites excluding steroid dienone is 40. The summed E-state index contributed by atoms with van der Waals surface area (Å²) in [4.78, 5) is 37.5. The highest BCUT2D eigenvalue weighted by Gasteiger charge is 2.22. The van der Waals surface area contributed by atoms with Crippen LogP contribution < -0.4 is 5.11 Å². The van der Waals surface area contributed by atoms with E-state index in [9.17, 15) is 19.5 Å². The number of rotatable bonds is 65. The van der Waals surface area contributed by atoms with Crippen molar-refractivity contribution in [3.8, 4) is 0 Å². The average Bonchev–Trinajstić information content (AvgIpc) is 2.39. The molecule has 0 aromatic carbocycles. The Morgan fingerprint density at radius 1 is 0.309 bits per heavy atom. The second-order valence-corrected chi connectivity index (χ2v) is 24.8. The lowest BCUT2D eigenvalue weighted by Gasteiger charge is -2.26. The van der Waals surface area contributed by atoms with E-state index < -0.39 is 30.3 Å². The first-order valence-electron chi connectivity index (χ1n) is 37.2. The summed E-state index contributed by atoms with van der Waals surface area (Å²) in [6.07, 6.45) is 118. The van der Waals surface area contributed by atoms with Crippen LogP contribution in [-0.4, -0.2) is 82.3 Å². The normalized spacial score (nSPS) is 14.1. The number of carbonyl (C=O) groups excluding carboxylic acids is 3. The van der Waals surface area contributed by atoms with E-state index in [4.69, 9.17) is 18.9 Å². The first-order chi connectivity index (χ1) is 47.6. The third kappa shape index (κ3) is 76.3. The Labute approximate surface area is 592 Å². The van der Waals surface area contributed by atoms with Gasteiger partial charge in [0, 0.05) is 12.8 Å². The zero-order chi connectivity index (χ0) is 70.4. The Balaban J connectivity index is 4.30. The van der Waals surface area contributed by atoms with E-state index in [0.717, 1.165) is 193 Å². The van der Waals surface area contributed by atoms with Crippen molar-refractivity contribution < 1.29 is 42.9 Å². The predicted molar refractivity (Wildman–Crippen MR) is 416 cm³/mol. The van der Waals surface area contributed by atoms with E-state index in [-0.39, 0.29) is 32.7 Å². The topological polar surface area (TPSA) is 111 Å². The zero-order valence-corrected chi connectivity index (χ0v) is 61.3. The van der Waals surface area contributed by atoms with Crippen LogP contribution in [-0.2, 0) is 33.3 Å². The Morgan fingerprint density at radius 2 is 0.557 bits per heavy atom. The molecule has 0 radical (unpaired) electrons. The Morgan fingerprint density at radius 3 is 0.825 bits per heavy atom. The molecule has 0 rings (SSSR count). The van der Waals surface area contributed by atoms with Crippen molar-refractivity contribution in [1.82, 2.24) is 0 Å². The number of nitrogens with zero attached hydrogens (tertiary/aromatic N) is 1. The largest absolute Gasteiger partial charge is 0.545 e. The van der Waals surface area contributed by atoms with Crippen LogP contribution in [0.4, 0.5) is 0 Å². The average molecular weight is 1330 g/mol. The lowest BCUT2D eigenvalue weighted by atomic mass is 10.1. The third-order valence-electron chi connectivity index (χ3n) is 14.6.